The molecule has 19 nitrogen and oxygen atoms in total. The average molecular weight is 1030 g/mol. The second-order valence-corrected chi connectivity index (χ2v) is 19.1. The Hall–Kier alpha value is -7.06. The van der Waals surface area contributed by atoms with Gasteiger partial charge in [0.25, 0.3) is 11.8 Å². The van der Waals surface area contributed by atoms with E-state index in [2.05, 4.69) is 36.6 Å². The molecule has 5 amide bonds. The van der Waals surface area contributed by atoms with E-state index in [9.17, 15) is 24.0 Å². The zero-order valence-corrected chi connectivity index (χ0v) is 43.0. The van der Waals surface area contributed by atoms with E-state index in [-0.39, 0.29) is 54.9 Å². The first-order valence-corrected chi connectivity index (χ1v) is 26.3. The summed E-state index contributed by atoms with van der Waals surface area (Å²) in [4.78, 5) is 73.3. The van der Waals surface area contributed by atoms with Crippen molar-refractivity contribution >= 4 is 52.6 Å². The second kappa shape index (κ2) is 28.6. The molecule has 0 saturated carbocycles. The van der Waals surface area contributed by atoms with Crippen molar-refractivity contribution in [3.05, 3.63) is 119 Å². The third-order valence-electron chi connectivity index (χ3n) is 13.6. The van der Waals surface area contributed by atoms with E-state index in [0.717, 1.165) is 68.6 Å². The molecule has 0 radical (unpaired) electrons. The number of amidine groups is 2. The number of nitrogens with two attached hydrogens (primary N) is 1. The van der Waals surface area contributed by atoms with Gasteiger partial charge < -0.3 is 50.8 Å². The summed E-state index contributed by atoms with van der Waals surface area (Å²) in [7, 11) is 0. The first-order valence-electron chi connectivity index (χ1n) is 26.3. The lowest BCUT2D eigenvalue weighted by atomic mass is 9.86. The van der Waals surface area contributed by atoms with Crippen LogP contribution in [0.4, 0.5) is 11.4 Å². The number of hydrogen-bond donors (Lipinski definition) is 7. The van der Waals surface area contributed by atoms with Gasteiger partial charge in [-0.25, -0.2) is 4.99 Å². The number of rotatable bonds is 29. The smallest absolute Gasteiger partial charge is 0.255 e. The van der Waals surface area contributed by atoms with Crippen LogP contribution in [0.2, 0.25) is 0 Å². The van der Waals surface area contributed by atoms with Crippen LogP contribution in [0.25, 0.3) is 0 Å². The first-order chi connectivity index (χ1) is 36.5. The summed E-state index contributed by atoms with van der Waals surface area (Å²) in [5, 5.41) is 23.8. The van der Waals surface area contributed by atoms with Gasteiger partial charge in [-0.1, -0.05) is 37.1 Å². The van der Waals surface area contributed by atoms with E-state index in [1.807, 2.05) is 49.4 Å². The SMILES string of the molecule is C[C@@H](NC(=O)c1cccc(NC2(C(N)=NC(=N)c3ccncc3)CCNCC2)c1)c1cccc(OCCCCCCOCCOCCOCCCCCC(=O)Nc2cccc3c2CN(C2CCC(=O)NC2=O)C3=O)c1. The van der Waals surface area contributed by atoms with E-state index in [4.69, 9.17) is 30.1 Å². The fourth-order valence-electron chi connectivity index (χ4n) is 9.33. The van der Waals surface area contributed by atoms with E-state index in [0.29, 0.717) is 106 Å². The van der Waals surface area contributed by atoms with Crippen LogP contribution in [0, 0.1) is 5.41 Å². The van der Waals surface area contributed by atoms with Crippen molar-refractivity contribution in [2.24, 2.45) is 10.7 Å². The molecule has 4 aromatic rings. The molecule has 1 aromatic heterocycles. The number of nitrogens with one attached hydrogen (secondary N) is 6. The van der Waals surface area contributed by atoms with Gasteiger partial charge in [-0.15, -0.1) is 0 Å². The van der Waals surface area contributed by atoms with Gasteiger partial charge in [-0.2, -0.15) is 0 Å². The third-order valence-corrected chi connectivity index (χ3v) is 13.6. The Morgan fingerprint density at radius 1 is 0.827 bits per heavy atom. The second-order valence-electron chi connectivity index (χ2n) is 19.1. The molecule has 8 N–H and O–H groups in total. The molecule has 2 saturated heterocycles. The van der Waals surface area contributed by atoms with Crippen molar-refractivity contribution in [2.45, 2.75) is 108 Å². The lowest BCUT2D eigenvalue weighted by Crippen LogP contribution is -2.56. The number of amides is 5. The summed E-state index contributed by atoms with van der Waals surface area (Å²) in [6.45, 7) is 7.44. The summed E-state index contributed by atoms with van der Waals surface area (Å²) < 4.78 is 23.2. The van der Waals surface area contributed by atoms with Crippen LogP contribution < -0.4 is 37.1 Å². The zero-order valence-electron chi connectivity index (χ0n) is 43.0. The van der Waals surface area contributed by atoms with Gasteiger partial charge in [-0.3, -0.25) is 39.7 Å². The Balaban J connectivity index is 0.682. The number of anilines is 2. The normalized spacial score (nSPS) is 16.7. The van der Waals surface area contributed by atoms with Crippen molar-refractivity contribution in [1.82, 2.24) is 25.8 Å². The largest absolute Gasteiger partial charge is 0.494 e. The van der Waals surface area contributed by atoms with Gasteiger partial charge in [-0.05, 0) is 132 Å². The van der Waals surface area contributed by atoms with Crippen LogP contribution in [0.1, 0.15) is 127 Å². The Morgan fingerprint density at radius 2 is 1.51 bits per heavy atom. The monoisotopic (exact) mass is 1030 g/mol. The topological polar surface area (TPSA) is 261 Å². The number of carbonyl (C=O) groups is 5. The molecule has 75 heavy (non-hydrogen) atoms. The Bertz CT molecular complexity index is 2610. The first kappa shape index (κ1) is 55.7. The molecule has 2 atom stereocenters. The lowest BCUT2D eigenvalue weighted by molar-refractivity contribution is -0.137. The fraction of sp³-hybridized carbons (Fsp3) is 0.464. The highest BCUT2D eigenvalue weighted by Gasteiger charge is 2.40. The number of aliphatic imine (C=N–C) groups is 1. The van der Waals surface area contributed by atoms with E-state index < -0.39 is 17.5 Å². The molecule has 0 bridgehead atoms. The molecule has 3 aromatic carbocycles. The van der Waals surface area contributed by atoms with Crippen molar-refractivity contribution in [1.29, 1.82) is 5.41 Å². The number of aromatic nitrogens is 1. The molecule has 0 spiro atoms. The molecule has 4 heterocycles. The minimum Gasteiger partial charge on any atom is -0.494 e. The number of pyridine rings is 1. The number of benzene rings is 3. The van der Waals surface area contributed by atoms with E-state index in [1.54, 1.807) is 48.8 Å². The Labute approximate surface area is 439 Å². The number of fused-ring (bicyclic) bond motifs is 1. The van der Waals surface area contributed by atoms with E-state index >= 15 is 0 Å². The molecule has 0 aliphatic carbocycles. The molecule has 3 aliphatic rings. The van der Waals surface area contributed by atoms with E-state index in [1.165, 1.54) is 4.90 Å². The summed E-state index contributed by atoms with van der Waals surface area (Å²) >= 11 is 0. The highest BCUT2D eigenvalue weighted by molar-refractivity contribution is 6.08. The molecule has 19 heteroatoms. The minimum absolute atomic E-state index is 0.0648. The number of imide groups is 1. The van der Waals surface area contributed by atoms with Crippen molar-refractivity contribution < 1.29 is 42.9 Å². The Kier molecular flexibility index (Phi) is 21.2. The predicted octanol–water partition coefficient (Wildman–Crippen LogP) is 6.44. The minimum atomic E-state index is -0.708. The molecule has 7 rings (SSSR count). The van der Waals surface area contributed by atoms with Crippen LogP contribution in [0.3, 0.4) is 0 Å². The van der Waals surface area contributed by atoms with Crippen LogP contribution in [-0.2, 0) is 35.1 Å². The highest BCUT2D eigenvalue weighted by Crippen LogP contribution is 2.33. The van der Waals surface area contributed by atoms with Gasteiger partial charge in [0.1, 0.15) is 17.6 Å². The van der Waals surface area contributed by atoms with Gasteiger partial charge in [0, 0.05) is 78.6 Å². The van der Waals surface area contributed by atoms with Gasteiger partial charge in [0.15, 0.2) is 5.84 Å². The van der Waals surface area contributed by atoms with Gasteiger partial charge >= 0.3 is 0 Å². The number of piperidine rings is 2. The summed E-state index contributed by atoms with van der Waals surface area (Å²) in [5.41, 5.74) is 10.5. The molecule has 3 aliphatic heterocycles. The van der Waals surface area contributed by atoms with Crippen LogP contribution in [0.5, 0.6) is 5.75 Å². The quantitative estimate of drug-likeness (QED) is 0.0134. The number of hydrogen-bond acceptors (Lipinski definition) is 13. The van der Waals surface area contributed by atoms with Crippen molar-refractivity contribution in [3.63, 3.8) is 0 Å². The summed E-state index contributed by atoms with van der Waals surface area (Å²) in [6, 6.07) is 22.8. The maximum absolute atomic E-state index is 13.5. The number of nitrogens with zero attached hydrogens (tertiary/aromatic N) is 3. The number of carbonyl (C=O) groups excluding carboxylic acids is 5. The molecule has 1 unspecified atom stereocenters. The van der Waals surface area contributed by atoms with Gasteiger partial charge in [0.05, 0.1) is 44.6 Å². The summed E-state index contributed by atoms with van der Waals surface area (Å²) in [5.74, 6) is -0.274. The molecular weight excluding hydrogens is 957 g/mol. The Morgan fingerprint density at radius 3 is 2.24 bits per heavy atom. The maximum atomic E-state index is 13.5. The predicted molar refractivity (Wildman–Crippen MR) is 286 cm³/mol. The number of ether oxygens (including phenoxy) is 4. The number of unbranched alkanes of at least 4 members (excludes halogenated alkanes) is 5. The molecular formula is C56H72N10O9. The van der Waals surface area contributed by atoms with Crippen molar-refractivity contribution in [3.8, 4) is 5.75 Å². The lowest BCUT2D eigenvalue weighted by Gasteiger charge is -2.38. The van der Waals surface area contributed by atoms with Crippen LogP contribution >= 0.6 is 0 Å². The average Bonchev–Trinajstić information content (AvgIpc) is 3.75. The molecule has 400 valence electrons. The third kappa shape index (κ3) is 16.5. The molecule has 2 fully saturated rings. The highest BCUT2D eigenvalue weighted by atomic mass is 16.5. The van der Waals surface area contributed by atoms with Crippen molar-refractivity contribution in [2.75, 3.05) is 70.0 Å². The van der Waals surface area contributed by atoms with Gasteiger partial charge in [0.2, 0.25) is 17.7 Å². The zero-order chi connectivity index (χ0) is 52.8. The fourth-order valence-corrected chi connectivity index (χ4v) is 9.33. The standard InChI is InChI=1S/C56H72N10O9/c1-39(61-52(69)42-13-9-14-43(36-42)65-56(23-27-60-28-24-56)55(58)64-51(57)40-21-25-59-26-22-40)41-12-10-15-44(37-41)75-31-8-3-2-6-29-72-32-34-74-35-33-73-30-7-4-5-18-49(67)62-47-17-11-16-45-46(47)38-66(54(45)71)48-19-20-50(68)63-53(48)70/h9-17,21-22,25-26,36-37,39,48,60,65H,2-8,18-20,23-24,27-35,38H2,1H3,(H,61,69)(H,62,67)(H3,57,58,64)(H,63,68,70)/t39-,48?/m1/s1. The van der Waals surface area contributed by atoms with Crippen LogP contribution in [-0.4, -0.2) is 122 Å². The summed E-state index contributed by atoms with van der Waals surface area (Å²) in [6.07, 6.45) is 11.6. The van der Waals surface area contributed by atoms with Crippen LogP contribution in [0.15, 0.2) is 96.2 Å². The maximum Gasteiger partial charge on any atom is 0.255 e.